The first-order chi connectivity index (χ1) is 13.4. The van der Waals surface area contributed by atoms with E-state index in [1.54, 1.807) is 26.0 Å². The van der Waals surface area contributed by atoms with E-state index in [0.29, 0.717) is 31.0 Å². The third-order valence-corrected chi connectivity index (χ3v) is 6.27. The molecular weight excluding hydrogens is 378 g/mol. The molecule has 1 aromatic carbocycles. The molecule has 0 fully saturated rings. The smallest absolute Gasteiger partial charge is 0.275 e. The molecule has 0 saturated heterocycles. The Hall–Kier alpha value is -2.52. The van der Waals surface area contributed by atoms with Crippen molar-refractivity contribution in [1.82, 2.24) is 14.3 Å². The van der Waals surface area contributed by atoms with Gasteiger partial charge in [-0.05, 0) is 24.6 Å². The summed E-state index contributed by atoms with van der Waals surface area (Å²) in [5.41, 5.74) is 1.20. The van der Waals surface area contributed by atoms with Gasteiger partial charge in [-0.2, -0.15) is 4.31 Å². The largest absolute Gasteiger partial charge is 0.383 e. The fraction of sp³-hybridized carbons (Fsp3) is 0.421. The molecule has 0 radical (unpaired) electrons. The Bertz CT molecular complexity index is 884. The van der Waals surface area contributed by atoms with Crippen LogP contribution in [0.1, 0.15) is 44.1 Å². The van der Waals surface area contributed by atoms with Crippen LogP contribution in [0.2, 0.25) is 0 Å². The molecule has 1 amide bonds. The maximum Gasteiger partial charge on any atom is 0.275 e. The number of anilines is 2. The second-order valence-corrected chi connectivity index (χ2v) is 8.06. The SMILES string of the molecule is CCCCNc1ccc(S(=O)(=O)N(CC)CC)cc1NC(=O)c1cnccn1. The van der Waals surface area contributed by atoms with Crippen LogP contribution in [0.5, 0.6) is 0 Å². The molecule has 2 aromatic rings. The van der Waals surface area contributed by atoms with Gasteiger partial charge in [0.2, 0.25) is 10.0 Å². The second-order valence-electron chi connectivity index (χ2n) is 6.12. The van der Waals surface area contributed by atoms with E-state index in [-0.39, 0.29) is 10.6 Å². The van der Waals surface area contributed by atoms with Crippen molar-refractivity contribution >= 4 is 27.3 Å². The van der Waals surface area contributed by atoms with Gasteiger partial charge in [0, 0.05) is 32.0 Å². The zero-order valence-corrected chi connectivity index (χ0v) is 17.3. The van der Waals surface area contributed by atoms with E-state index in [0.717, 1.165) is 12.8 Å². The molecule has 0 spiro atoms. The normalized spacial score (nSPS) is 11.4. The lowest BCUT2D eigenvalue weighted by molar-refractivity contribution is 0.102. The molecule has 8 nitrogen and oxygen atoms in total. The van der Waals surface area contributed by atoms with Gasteiger partial charge in [0.1, 0.15) is 5.69 Å². The molecule has 152 valence electrons. The third kappa shape index (κ3) is 5.26. The quantitative estimate of drug-likeness (QED) is 0.589. The number of hydrogen-bond acceptors (Lipinski definition) is 6. The van der Waals surface area contributed by atoms with Gasteiger partial charge in [0.05, 0.1) is 22.5 Å². The monoisotopic (exact) mass is 405 g/mol. The van der Waals surface area contributed by atoms with Crippen molar-refractivity contribution in [1.29, 1.82) is 0 Å². The summed E-state index contributed by atoms with van der Waals surface area (Å²) in [4.78, 5) is 20.5. The van der Waals surface area contributed by atoms with E-state index in [1.165, 1.54) is 29.0 Å². The highest BCUT2D eigenvalue weighted by Gasteiger charge is 2.23. The first-order valence-corrected chi connectivity index (χ1v) is 10.8. The Balaban J connectivity index is 2.39. The van der Waals surface area contributed by atoms with Crippen LogP contribution in [-0.4, -0.2) is 48.2 Å². The Morgan fingerprint density at radius 3 is 2.46 bits per heavy atom. The van der Waals surface area contributed by atoms with E-state index in [2.05, 4.69) is 27.5 Å². The Labute approximate surface area is 166 Å². The predicted molar refractivity (Wildman–Crippen MR) is 110 cm³/mol. The molecule has 1 heterocycles. The first kappa shape index (κ1) is 21.8. The van der Waals surface area contributed by atoms with Crippen molar-refractivity contribution in [3.63, 3.8) is 0 Å². The van der Waals surface area contributed by atoms with Crippen LogP contribution in [-0.2, 0) is 10.0 Å². The minimum absolute atomic E-state index is 0.131. The number of benzene rings is 1. The highest BCUT2D eigenvalue weighted by Crippen LogP contribution is 2.28. The van der Waals surface area contributed by atoms with Gasteiger partial charge in [-0.1, -0.05) is 27.2 Å². The molecule has 0 aliphatic carbocycles. The van der Waals surface area contributed by atoms with Gasteiger partial charge in [-0.15, -0.1) is 0 Å². The second kappa shape index (κ2) is 10.1. The number of aromatic nitrogens is 2. The zero-order valence-electron chi connectivity index (χ0n) is 16.5. The highest BCUT2D eigenvalue weighted by atomic mass is 32.2. The van der Waals surface area contributed by atoms with Crippen LogP contribution < -0.4 is 10.6 Å². The molecule has 28 heavy (non-hydrogen) atoms. The van der Waals surface area contributed by atoms with E-state index < -0.39 is 15.9 Å². The third-order valence-electron chi connectivity index (χ3n) is 4.22. The number of hydrogen-bond donors (Lipinski definition) is 2. The van der Waals surface area contributed by atoms with E-state index >= 15 is 0 Å². The number of rotatable bonds is 10. The number of nitrogens with zero attached hydrogens (tertiary/aromatic N) is 3. The van der Waals surface area contributed by atoms with Gasteiger partial charge in [0.25, 0.3) is 5.91 Å². The summed E-state index contributed by atoms with van der Waals surface area (Å²) in [6.45, 7) is 7.12. The van der Waals surface area contributed by atoms with Crippen molar-refractivity contribution < 1.29 is 13.2 Å². The van der Waals surface area contributed by atoms with Crippen LogP contribution in [0.3, 0.4) is 0 Å². The Morgan fingerprint density at radius 1 is 1.11 bits per heavy atom. The van der Waals surface area contributed by atoms with Gasteiger partial charge in [-0.25, -0.2) is 13.4 Å². The molecule has 0 bridgehead atoms. The summed E-state index contributed by atoms with van der Waals surface area (Å²) in [5.74, 6) is -0.455. The molecular formula is C19H27N5O3S. The minimum atomic E-state index is -3.64. The molecule has 9 heteroatoms. The molecule has 0 aliphatic rings. The fourth-order valence-corrected chi connectivity index (χ4v) is 4.14. The summed E-state index contributed by atoms with van der Waals surface area (Å²) < 4.78 is 27.1. The highest BCUT2D eigenvalue weighted by molar-refractivity contribution is 7.89. The van der Waals surface area contributed by atoms with Gasteiger partial charge in [-0.3, -0.25) is 9.78 Å². The predicted octanol–water partition coefficient (Wildman–Crippen LogP) is 2.97. The Morgan fingerprint density at radius 2 is 1.86 bits per heavy atom. The number of carbonyl (C=O) groups is 1. The summed E-state index contributed by atoms with van der Waals surface area (Å²) >= 11 is 0. The maximum atomic E-state index is 12.8. The van der Waals surface area contributed by atoms with Gasteiger partial charge < -0.3 is 10.6 Å². The van der Waals surface area contributed by atoms with Crippen LogP contribution in [0.15, 0.2) is 41.7 Å². The number of amides is 1. The van der Waals surface area contributed by atoms with E-state index in [9.17, 15) is 13.2 Å². The van der Waals surface area contributed by atoms with Crippen LogP contribution in [0.4, 0.5) is 11.4 Å². The fourth-order valence-electron chi connectivity index (χ4n) is 2.66. The van der Waals surface area contributed by atoms with Crippen molar-refractivity contribution in [2.45, 2.75) is 38.5 Å². The average Bonchev–Trinajstić information content (AvgIpc) is 2.70. The van der Waals surface area contributed by atoms with E-state index in [4.69, 9.17) is 0 Å². The van der Waals surface area contributed by atoms with Crippen molar-refractivity contribution in [2.75, 3.05) is 30.3 Å². The Kier molecular flexibility index (Phi) is 7.89. The summed E-state index contributed by atoms with van der Waals surface area (Å²) in [5, 5.41) is 6.00. The molecule has 0 unspecified atom stereocenters. The summed E-state index contributed by atoms with van der Waals surface area (Å²) in [6, 6.07) is 4.72. The lowest BCUT2D eigenvalue weighted by Crippen LogP contribution is -2.30. The van der Waals surface area contributed by atoms with Gasteiger partial charge >= 0.3 is 0 Å². The molecule has 2 N–H and O–H groups in total. The average molecular weight is 406 g/mol. The van der Waals surface area contributed by atoms with Crippen molar-refractivity contribution in [3.8, 4) is 0 Å². The molecule has 1 aromatic heterocycles. The molecule has 0 saturated carbocycles. The number of sulfonamides is 1. The van der Waals surface area contributed by atoms with E-state index in [1.807, 2.05) is 0 Å². The van der Waals surface area contributed by atoms with Crippen LogP contribution in [0, 0.1) is 0 Å². The van der Waals surface area contributed by atoms with Crippen LogP contribution >= 0.6 is 0 Å². The minimum Gasteiger partial charge on any atom is -0.383 e. The van der Waals surface area contributed by atoms with Crippen molar-refractivity contribution in [3.05, 3.63) is 42.5 Å². The molecule has 0 atom stereocenters. The topological polar surface area (TPSA) is 104 Å². The lowest BCUT2D eigenvalue weighted by Gasteiger charge is -2.20. The lowest BCUT2D eigenvalue weighted by atomic mass is 10.2. The number of unbranched alkanes of at least 4 members (excludes halogenated alkanes) is 1. The number of nitrogens with one attached hydrogen (secondary N) is 2. The summed E-state index contributed by atoms with van der Waals surface area (Å²) in [7, 11) is -3.64. The summed E-state index contributed by atoms with van der Waals surface area (Å²) in [6.07, 6.45) is 6.23. The zero-order chi connectivity index (χ0) is 20.6. The standard InChI is InChI=1S/C19H27N5O3S/c1-4-7-10-21-16-9-8-15(28(26,27)24(5-2)6-3)13-17(16)23-19(25)18-14-20-11-12-22-18/h8-9,11-14,21H,4-7,10H2,1-3H3,(H,23,25). The van der Waals surface area contributed by atoms with Crippen LogP contribution in [0.25, 0.3) is 0 Å². The first-order valence-electron chi connectivity index (χ1n) is 9.39. The number of carbonyl (C=O) groups excluding carboxylic acids is 1. The van der Waals surface area contributed by atoms with Crippen molar-refractivity contribution in [2.24, 2.45) is 0 Å². The molecule has 0 aliphatic heterocycles. The molecule has 2 rings (SSSR count). The maximum absolute atomic E-state index is 12.8. The van der Waals surface area contributed by atoms with Gasteiger partial charge in [0.15, 0.2) is 0 Å².